The van der Waals surface area contributed by atoms with Gasteiger partial charge in [-0.2, -0.15) is 0 Å². The molecule has 1 N–H and O–H groups in total. The topological polar surface area (TPSA) is 80.6 Å². The van der Waals surface area contributed by atoms with Crippen molar-refractivity contribution in [2.24, 2.45) is 0 Å². The minimum absolute atomic E-state index is 0.0135. The van der Waals surface area contributed by atoms with Crippen LogP contribution in [-0.2, 0) is 14.3 Å². The summed E-state index contributed by atoms with van der Waals surface area (Å²) in [4.78, 5) is 39.4. The fourth-order valence-corrected chi connectivity index (χ4v) is 4.34. The van der Waals surface area contributed by atoms with E-state index in [1.807, 2.05) is 55.7 Å². The second-order valence-electron chi connectivity index (χ2n) is 7.95. The molecule has 2 aromatic carbocycles. The lowest BCUT2D eigenvalue weighted by atomic mass is 10.1. The second kappa shape index (κ2) is 9.07. The number of rotatable bonds is 4. The lowest BCUT2D eigenvalue weighted by molar-refractivity contribution is -0.122. The Morgan fingerprint density at radius 1 is 1.03 bits per heavy atom. The molecule has 3 aromatic rings. The third-order valence-corrected chi connectivity index (χ3v) is 6.04. The van der Waals surface area contributed by atoms with Crippen LogP contribution in [0.1, 0.15) is 32.9 Å². The molecule has 8 heteroatoms. The Hall–Kier alpha value is -4.04. The number of hydrogen-bond donors (Lipinski definition) is 1. The number of para-hydroxylation sites is 1. The van der Waals surface area contributed by atoms with Crippen LogP contribution >= 0.6 is 12.2 Å². The SMILES string of the molecule is COC(=O)c1cccc(-n2c(C)cc(/C=C3\C(=O)NC(=S)N(c4ccccc4C)C3=O)c2C)c1. The van der Waals surface area contributed by atoms with E-state index in [-0.39, 0.29) is 10.7 Å². The standard InChI is InChI=1S/C26H23N3O4S/c1-15-8-5-6-11-22(15)29-24(31)21(23(30)27-26(29)34)14-19-12-16(2)28(17(19)3)20-10-7-9-18(13-20)25(32)33-4/h5-14H,1-4H3,(H,27,30,34)/b21-14+. The zero-order valence-corrected chi connectivity index (χ0v) is 20.0. The number of hydrogen-bond acceptors (Lipinski definition) is 5. The van der Waals surface area contributed by atoms with Gasteiger partial charge in [-0.1, -0.05) is 24.3 Å². The first-order chi connectivity index (χ1) is 16.2. The average molecular weight is 474 g/mol. The molecule has 0 spiro atoms. The summed E-state index contributed by atoms with van der Waals surface area (Å²) in [6.45, 7) is 5.68. The Kier molecular flexibility index (Phi) is 6.17. The highest BCUT2D eigenvalue weighted by molar-refractivity contribution is 7.80. The van der Waals surface area contributed by atoms with Crippen molar-refractivity contribution in [3.63, 3.8) is 0 Å². The van der Waals surface area contributed by atoms with Crippen LogP contribution in [0.5, 0.6) is 0 Å². The Morgan fingerprint density at radius 2 is 1.76 bits per heavy atom. The monoisotopic (exact) mass is 473 g/mol. The van der Waals surface area contributed by atoms with Crippen LogP contribution in [0.4, 0.5) is 5.69 Å². The van der Waals surface area contributed by atoms with Gasteiger partial charge in [0.2, 0.25) is 0 Å². The maximum absolute atomic E-state index is 13.4. The number of methoxy groups -OCH3 is 1. The van der Waals surface area contributed by atoms with Crippen LogP contribution < -0.4 is 10.2 Å². The fraction of sp³-hybridized carbons (Fsp3) is 0.154. The summed E-state index contributed by atoms with van der Waals surface area (Å²) in [5.41, 5.74) is 5.05. The van der Waals surface area contributed by atoms with Crippen LogP contribution in [0.2, 0.25) is 0 Å². The number of carbonyl (C=O) groups excluding carboxylic acids is 3. The highest BCUT2D eigenvalue weighted by Crippen LogP contribution is 2.27. The zero-order chi connectivity index (χ0) is 24.6. The Bertz CT molecular complexity index is 1390. The molecule has 2 amide bonds. The van der Waals surface area contributed by atoms with Crippen LogP contribution in [0.15, 0.2) is 60.2 Å². The van der Waals surface area contributed by atoms with Crippen molar-refractivity contribution in [1.82, 2.24) is 9.88 Å². The van der Waals surface area contributed by atoms with Gasteiger partial charge in [-0.25, -0.2) is 4.79 Å². The summed E-state index contributed by atoms with van der Waals surface area (Å²) >= 11 is 5.30. The minimum Gasteiger partial charge on any atom is -0.465 e. The zero-order valence-electron chi connectivity index (χ0n) is 19.2. The minimum atomic E-state index is -0.544. The smallest absolute Gasteiger partial charge is 0.337 e. The predicted octanol–water partition coefficient (Wildman–Crippen LogP) is 4.02. The number of nitrogens with zero attached hydrogens (tertiary/aromatic N) is 2. The molecule has 0 unspecified atom stereocenters. The molecule has 1 aliphatic rings. The van der Waals surface area contributed by atoms with Crippen molar-refractivity contribution < 1.29 is 19.1 Å². The van der Waals surface area contributed by atoms with Gasteiger partial charge < -0.3 is 9.30 Å². The number of aromatic nitrogens is 1. The Morgan fingerprint density at radius 3 is 2.47 bits per heavy atom. The quantitative estimate of drug-likeness (QED) is 0.268. The molecule has 1 fully saturated rings. The van der Waals surface area contributed by atoms with Gasteiger partial charge in [0.05, 0.1) is 18.4 Å². The molecule has 0 radical (unpaired) electrons. The van der Waals surface area contributed by atoms with Gasteiger partial charge >= 0.3 is 5.97 Å². The lowest BCUT2D eigenvalue weighted by Crippen LogP contribution is -2.54. The molecule has 172 valence electrons. The van der Waals surface area contributed by atoms with Gasteiger partial charge in [0.25, 0.3) is 11.8 Å². The first-order valence-corrected chi connectivity index (χ1v) is 11.0. The van der Waals surface area contributed by atoms with E-state index < -0.39 is 17.8 Å². The van der Waals surface area contributed by atoms with Gasteiger partial charge in [-0.05, 0) is 80.5 Å². The molecule has 1 aromatic heterocycles. The first-order valence-electron chi connectivity index (χ1n) is 10.6. The summed E-state index contributed by atoms with van der Waals surface area (Å²) in [5, 5.41) is 2.67. The molecule has 0 saturated carbocycles. The van der Waals surface area contributed by atoms with Crippen LogP contribution in [0, 0.1) is 20.8 Å². The van der Waals surface area contributed by atoms with E-state index in [2.05, 4.69) is 5.32 Å². The maximum atomic E-state index is 13.4. The highest BCUT2D eigenvalue weighted by Gasteiger charge is 2.35. The normalized spacial score (nSPS) is 15.0. The number of amides is 2. The van der Waals surface area contributed by atoms with E-state index in [0.29, 0.717) is 16.8 Å². The second-order valence-corrected chi connectivity index (χ2v) is 8.33. The molecule has 0 atom stereocenters. The van der Waals surface area contributed by atoms with Gasteiger partial charge in [-0.15, -0.1) is 0 Å². The van der Waals surface area contributed by atoms with Gasteiger partial charge in [0.1, 0.15) is 5.57 Å². The molecule has 2 heterocycles. The van der Waals surface area contributed by atoms with Gasteiger partial charge in [-0.3, -0.25) is 19.8 Å². The summed E-state index contributed by atoms with van der Waals surface area (Å²) < 4.78 is 6.78. The molecule has 0 bridgehead atoms. The molecule has 4 rings (SSSR count). The fourth-order valence-electron chi connectivity index (χ4n) is 4.07. The molecule has 0 aliphatic carbocycles. The number of nitrogens with one attached hydrogen (secondary N) is 1. The number of carbonyl (C=O) groups is 3. The summed E-state index contributed by atoms with van der Waals surface area (Å²) in [5.74, 6) is -1.46. The Balaban J connectivity index is 1.77. The molecule has 1 saturated heterocycles. The van der Waals surface area contributed by atoms with Crippen molar-refractivity contribution in [3.8, 4) is 5.69 Å². The third kappa shape index (κ3) is 4.04. The van der Waals surface area contributed by atoms with E-state index >= 15 is 0 Å². The van der Waals surface area contributed by atoms with Crippen molar-refractivity contribution in [2.45, 2.75) is 20.8 Å². The highest BCUT2D eigenvalue weighted by atomic mass is 32.1. The number of thiocarbonyl (C=S) groups is 1. The van der Waals surface area contributed by atoms with Crippen molar-refractivity contribution >= 4 is 46.9 Å². The summed E-state index contributed by atoms with van der Waals surface area (Å²) in [6, 6.07) is 16.3. The van der Waals surface area contributed by atoms with E-state index in [4.69, 9.17) is 17.0 Å². The number of ether oxygens (including phenoxy) is 1. The molecular formula is C26H23N3O4S. The van der Waals surface area contributed by atoms with Gasteiger partial charge in [0.15, 0.2) is 5.11 Å². The summed E-state index contributed by atoms with van der Waals surface area (Å²) in [6.07, 6.45) is 1.58. The van der Waals surface area contributed by atoms with Crippen molar-refractivity contribution in [3.05, 3.63) is 88.2 Å². The average Bonchev–Trinajstić information content (AvgIpc) is 3.09. The molecule has 34 heavy (non-hydrogen) atoms. The third-order valence-electron chi connectivity index (χ3n) is 5.75. The number of anilines is 1. The predicted molar refractivity (Wildman–Crippen MR) is 134 cm³/mol. The van der Waals surface area contributed by atoms with Crippen molar-refractivity contribution in [2.75, 3.05) is 12.0 Å². The number of aryl methyl sites for hydroxylation is 2. The van der Waals surface area contributed by atoms with E-state index in [9.17, 15) is 14.4 Å². The Labute approximate surface area is 202 Å². The van der Waals surface area contributed by atoms with Crippen LogP contribution in [-0.4, -0.2) is 34.6 Å². The van der Waals surface area contributed by atoms with E-state index in [1.54, 1.807) is 30.3 Å². The summed E-state index contributed by atoms with van der Waals surface area (Å²) in [7, 11) is 1.34. The molecule has 7 nitrogen and oxygen atoms in total. The van der Waals surface area contributed by atoms with Crippen LogP contribution in [0.25, 0.3) is 11.8 Å². The molecular weight excluding hydrogens is 450 g/mol. The van der Waals surface area contributed by atoms with Crippen LogP contribution in [0.3, 0.4) is 0 Å². The van der Waals surface area contributed by atoms with Crippen molar-refractivity contribution in [1.29, 1.82) is 0 Å². The number of benzene rings is 2. The van der Waals surface area contributed by atoms with E-state index in [1.165, 1.54) is 12.0 Å². The number of esters is 1. The van der Waals surface area contributed by atoms with Gasteiger partial charge in [0, 0.05) is 17.1 Å². The van der Waals surface area contributed by atoms with E-state index in [0.717, 1.165) is 22.6 Å². The first kappa shape index (κ1) is 23.1. The largest absolute Gasteiger partial charge is 0.465 e. The molecule has 1 aliphatic heterocycles. The lowest BCUT2D eigenvalue weighted by Gasteiger charge is -2.30. The maximum Gasteiger partial charge on any atom is 0.337 e.